The first-order valence-corrected chi connectivity index (χ1v) is 6.76. The fourth-order valence-electron chi connectivity index (χ4n) is 3.27. The molecule has 0 bridgehead atoms. The molecule has 15 heavy (non-hydrogen) atoms. The number of rotatable bonds is 3. The standard InChI is InChI=1S/C13H26N2/c1-3-4-12-5-7-15(8-6-12)13-10-14-9-11(13)2/h11-14H,3-10H2,1-2H3. The van der Waals surface area contributed by atoms with Crippen LogP contribution in [0.3, 0.4) is 0 Å². The molecule has 0 aromatic heterocycles. The van der Waals surface area contributed by atoms with Gasteiger partial charge < -0.3 is 5.32 Å². The van der Waals surface area contributed by atoms with E-state index in [1.807, 2.05) is 0 Å². The Morgan fingerprint density at radius 2 is 1.93 bits per heavy atom. The number of hydrogen-bond donors (Lipinski definition) is 1. The van der Waals surface area contributed by atoms with E-state index < -0.39 is 0 Å². The molecule has 0 radical (unpaired) electrons. The zero-order chi connectivity index (χ0) is 10.7. The van der Waals surface area contributed by atoms with Crippen LogP contribution in [0.25, 0.3) is 0 Å². The first kappa shape index (κ1) is 11.4. The Hall–Kier alpha value is -0.0800. The topological polar surface area (TPSA) is 15.3 Å². The van der Waals surface area contributed by atoms with Gasteiger partial charge in [0.15, 0.2) is 0 Å². The Kier molecular flexibility index (Phi) is 4.04. The number of nitrogens with zero attached hydrogens (tertiary/aromatic N) is 1. The lowest BCUT2D eigenvalue weighted by Gasteiger charge is -2.37. The first-order valence-electron chi connectivity index (χ1n) is 6.76. The molecule has 0 aromatic rings. The molecular weight excluding hydrogens is 184 g/mol. The van der Waals surface area contributed by atoms with Gasteiger partial charge in [-0.3, -0.25) is 4.90 Å². The third-order valence-electron chi connectivity index (χ3n) is 4.29. The molecule has 2 aliphatic rings. The summed E-state index contributed by atoms with van der Waals surface area (Å²) in [5.41, 5.74) is 0. The molecule has 1 N–H and O–H groups in total. The summed E-state index contributed by atoms with van der Waals surface area (Å²) in [6.45, 7) is 9.85. The number of piperidine rings is 1. The van der Waals surface area contributed by atoms with Crippen molar-refractivity contribution in [2.75, 3.05) is 26.2 Å². The van der Waals surface area contributed by atoms with E-state index in [0.29, 0.717) is 0 Å². The zero-order valence-corrected chi connectivity index (χ0v) is 10.3. The van der Waals surface area contributed by atoms with Crippen LogP contribution in [0.4, 0.5) is 0 Å². The molecule has 2 heteroatoms. The lowest BCUT2D eigenvalue weighted by Crippen LogP contribution is -2.44. The Morgan fingerprint density at radius 3 is 2.47 bits per heavy atom. The van der Waals surface area contributed by atoms with Crippen LogP contribution in [0.5, 0.6) is 0 Å². The summed E-state index contributed by atoms with van der Waals surface area (Å²) >= 11 is 0. The minimum absolute atomic E-state index is 0.826. The SMILES string of the molecule is CCCC1CCN(C2CNCC2C)CC1. The molecule has 2 saturated heterocycles. The van der Waals surface area contributed by atoms with E-state index in [4.69, 9.17) is 0 Å². The molecule has 2 nitrogen and oxygen atoms in total. The van der Waals surface area contributed by atoms with Crippen LogP contribution in [0.1, 0.15) is 39.5 Å². The molecule has 2 unspecified atom stereocenters. The van der Waals surface area contributed by atoms with Crippen LogP contribution in [-0.2, 0) is 0 Å². The average molecular weight is 210 g/mol. The van der Waals surface area contributed by atoms with Gasteiger partial charge in [0.25, 0.3) is 0 Å². The van der Waals surface area contributed by atoms with Crippen LogP contribution in [-0.4, -0.2) is 37.1 Å². The largest absolute Gasteiger partial charge is 0.315 e. The van der Waals surface area contributed by atoms with E-state index in [0.717, 1.165) is 17.9 Å². The normalized spacial score (nSPS) is 34.8. The number of nitrogens with one attached hydrogen (secondary N) is 1. The van der Waals surface area contributed by atoms with Crippen LogP contribution in [0.15, 0.2) is 0 Å². The van der Waals surface area contributed by atoms with Gasteiger partial charge in [0.1, 0.15) is 0 Å². The number of hydrogen-bond acceptors (Lipinski definition) is 2. The molecule has 0 aliphatic carbocycles. The van der Waals surface area contributed by atoms with Gasteiger partial charge in [0.05, 0.1) is 0 Å². The summed E-state index contributed by atoms with van der Waals surface area (Å²) in [5.74, 6) is 1.88. The van der Waals surface area contributed by atoms with Crippen molar-refractivity contribution in [2.24, 2.45) is 11.8 Å². The summed E-state index contributed by atoms with van der Waals surface area (Å²) in [4.78, 5) is 2.73. The highest BCUT2D eigenvalue weighted by atomic mass is 15.2. The summed E-state index contributed by atoms with van der Waals surface area (Å²) in [5, 5.41) is 3.51. The Morgan fingerprint density at radius 1 is 1.20 bits per heavy atom. The average Bonchev–Trinajstić information content (AvgIpc) is 2.66. The molecular formula is C13H26N2. The van der Waals surface area contributed by atoms with Gasteiger partial charge in [0.2, 0.25) is 0 Å². The predicted molar refractivity (Wildman–Crippen MR) is 65.0 cm³/mol. The lowest BCUT2D eigenvalue weighted by atomic mass is 9.90. The molecule has 2 fully saturated rings. The third-order valence-corrected chi connectivity index (χ3v) is 4.29. The predicted octanol–water partition coefficient (Wildman–Crippen LogP) is 2.11. The molecule has 0 amide bonds. The maximum Gasteiger partial charge on any atom is 0.0258 e. The minimum Gasteiger partial charge on any atom is -0.315 e. The minimum atomic E-state index is 0.826. The maximum atomic E-state index is 3.51. The lowest BCUT2D eigenvalue weighted by molar-refractivity contribution is 0.118. The van der Waals surface area contributed by atoms with Crippen molar-refractivity contribution in [2.45, 2.75) is 45.6 Å². The highest BCUT2D eigenvalue weighted by molar-refractivity contribution is 4.88. The highest BCUT2D eigenvalue weighted by Gasteiger charge is 2.31. The van der Waals surface area contributed by atoms with Gasteiger partial charge in [0, 0.05) is 12.6 Å². The monoisotopic (exact) mass is 210 g/mol. The van der Waals surface area contributed by atoms with Crippen molar-refractivity contribution in [3.05, 3.63) is 0 Å². The van der Waals surface area contributed by atoms with E-state index in [1.54, 1.807) is 0 Å². The van der Waals surface area contributed by atoms with Gasteiger partial charge in [-0.15, -0.1) is 0 Å². The molecule has 0 aromatic carbocycles. The van der Waals surface area contributed by atoms with Crippen LogP contribution in [0.2, 0.25) is 0 Å². The van der Waals surface area contributed by atoms with E-state index in [-0.39, 0.29) is 0 Å². The summed E-state index contributed by atoms with van der Waals surface area (Å²) in [6, 6.07) is 0.826. The third kappa shape index (κ3) is 2.73. The van der Waals surface area contributed by atoms with E-state index in [2.05, 4.69) is 24.1 Å². The van der Waals surface area contributed by atoms with Crippen LogP contribution >= 0.6 is 0 Å². The second-order valence-electron chi connectivity index (χ2n) is 5.47. The second-order valence-corrected chi connectivity index (χ2v) is 5.47. The second kappa shape index (κ2) is 5.31. The molecule has 2 heterocycles. The smallest absolute Gasteiger partial charge is 0.0258 e. The van der Waals surface area contributed by atoms with Crippen molar-refractivity contribution in [1.29, 1.82) is 0 Å². The van der Waals surface area contributed by atoms with E-state index >= 15 is 0 Å². The molecule has 2 aliphatic heterocycles. The highest BCUT2D eigenvalue weighted by Crippen LogP contribution is 2.25. The Labute approximate surface area is 94.4 Å². The molecule has 2 rings (SSSR count). The molecule has 0 spiro atoms. The van der Waals surface area contributed by atoms with Gasteiger partial charge in [-0.2, -0.15) is 0 Å². The van der Waals surface area contributed by atoms with Crippen LogP contribution in [0, 0.1) is 11.8 Å². The van der Waals surface area contributed by atoms with Gasteiger partial charge >= 0.3 is 0 Å². The van der Waals surface area contributed by atoms with Gasteiger partial charge in [-0.25, -0.2) is 0 Å². The van der Waals surface area contributed by atoms with Crippen LogP contribution < -0.4 is 5.32 Å². The molecule has 0 saturated carbocycles. The van der Waals surface area contributed by atoms with E-state index in [9.17, 15) is 0 Å². The maximum absolute atomic E-state index is 3.51. The zero-order valence-electron chi connectivity index (χ0n) is 10.3. The Balaban J connectivity index is 1.77. The van der Waals surface area contributed by atoms with Crippen molar-refractivity contribution in [3.8, 4) is 0 Å². The Bertz CT molecular complexity index is 185. The van der Waals surface area contributed by atoms with Gasteiger partial charge in [-0.05, 0) is 44.3 Å². The fourth-order valence-corrected chi connectivity index (χ4v) is 3.27. The van der Waals surface area contributed by atoms with Crippen molar-refractivity contribution in [1.82, 2.24) is 10.2 Å². The van der Waals surface area contributed by atoms with Crippen molar-refractivity contribution in [3.63, 3.8) is 0 Å². The quantitative estimate of drug-likeness (QED) is 0.767. The fraction of sp³-hybridized carbons (Fsp3) is 1.00. The summed E-state index contributed by atoms with van der Waals surface area (Å²) < 4.78 is 0. The first-order chi connectivity index (χ1) is 7.31. The van der Waals surface area contributed by atoms with E-state index in [1.165, 1.54) is 51.9 Å². The summed E-state index contributed by atoms with van der Waals surface area (Å²) in [6.07, 6.45) is 5.70. The molecule has 2 atom stereocenters. The van der Waals surface area contributed by atoms with Gasteiger partial charge in [-0.1, -0.05) is 26.7 Å². The summed E-state index contributed by atoms with van der Waals surface area (Å²) in [7, 11) is 0. The molecule has 88 valence electrons. The van der Waals surface area contributed by atoms with Crippen molar-refractivity contribution < 1.29 is 0 Å². The number of likely N-dealkylation sites (tertiary alicyclic amines) is 1. The van der Waals surface area contributed by atoms with Crippen molar-refractivity contribution >= 4 is 0 Å².